The molecular weight excluding hydrogens is 342 g/mol. The Hall–Kier alpha value is -3.92. The first-order valence-corrected chi connectivity index (χ1v) is 8.28. The highest BCUT2D eigenvalue weighted by molar-refractivity contribution is 5.98. The Labute approximate surface area is 155 Å². The zero-order valence-corrected chi connectivity index (χ0v) is 14.5. The van der Waals surface area contributed by atoms with Crippen molar-refractivity contribution < 1.29 is 9.53 Å². The summed E-state index contributed by atoms with van der Waals surface area (Å²) in [5.74, 6) is 0.990. The molecule has 2 aromatic carbocycles. The normalized spacial score (nSPS) is 12.7. The van der Waals surface area contributed by atoms with Crippen LogP contribution in [0.15, 0.2) is 54.7 Å². The van der Waals surface area contributed by atoms with Gasteiger partial charge in [-0.1, -0.05) is 6.07 Å². The standard InChI is InChI=1S/C20H15N5O2/c1-25-17-10-14(5-6-18(17)27-12-19(25)26)16-7-8-22-20(24-16)23-15-4-2-3-13(9-15)11-21/h2-10H,12H2,1H3,(H,22,23,24). The number of fused-ring (bicyclic) bond motifs is 1. The monoisotopic (exact) mass is 357 g/mol. The molecule has 27 heavy (non-hydrogen) atoms. The van der Waals surface area contributed by atoms with E-state index in [0.717, 1.165) is 11.3 Å². The molecule has 0 aliphatic carbocycles. The van der Waals surface area contributed by atoms with Crippen molar-refractivity contribution in [2.45, 2.75) is 0 Å². The minimum Gasteiger partial charge on any atom is -0.482 e. The fourth-order valence-corrected chi connectivity index (χ4v) is 2.81. The number of hydrogen-bond acceptors (Lipinski definition) is 6. The number of nitriles is 1. The number of likely N-dealkylation sites (N-methyl/N-ethyl adjacent to an activating group) is 1. The average Bonchev–Trinajstić information content (AvgIpc) is 2.71. The second-order valence-corrected chi connectivity index (χ2v) is 6.01. The second kappa shape index (κ2) is 6.77. The lowest BCUT2D eigenvalue weighted by Gasteiger charge is -2.26. The fraction of sp³-hybridized carbons (Fsp3) is 0.100. The van der Waals surface area contributed by atoms with Gasteiger partial charge in [-0.2, -0.15) is 5.26 Å². The van der Waals surface area contributed by atoms with Gasteiger partial charge in [0.25, 0.3) is 5.91 Å². The summed E-state index contributed by atoms with van der Waals surface area (Å²) in [4.78, 5) is 22.2. The number of nitrogens with zero attached hydrogens (tertiary/aromatic N) is 4. The van der Waals surface area contributed by atoms with Gasteiger partial charge in [-0.3, -0.25) is 4.79 Å². The lowest BCUT2D eigenvalue weighted by Crippen LogP contribution is -2.35. The molecule has 2 heterocycles. The fourth-order valence-electron chi connectivity index (χ4n) is 2.81. The van der Waals surface area contributed by atoms with Crippen molar-refractivity contribution >= 4 is 23.2 Å². The van der Waals surface area contributed by atoms with Crippen LogP contribution in [0.4, 0.5) is 17.3 Å². The molecular formula is C20H15N5O2. The molecule has 1 N–H and O–H groups in total. The summed E-state index contributed by atoms with van der Waals surface area (Å²) in [6, 6.07) is 16.6. The minimum atomic E-state index is -0.0953. The number of benzene rings is 2. The van der Waals surface area contributed by atoms with Gasteiger partial charge in [0.1, 0.15) is 5.75 Å². The van der Waals surface area contributed by atoms with E-state index in [9.17, 15) is 4.79 Å². The summed E-state index contributed by atoms with van der Waals surface area (Å²) < 4.78 is 5.46. The van der Waals surface area contributed by atoms with Crippen LogP contribution in [0.2, 0.25) is 0 Å². The molecule has 7 nitrogen and oxygen atoms in total. The second-order valence-electron chi connectivity index (χ2n) is 6.01. The number of nitrogens with one attached hydrogen (secondary N) is 1. The lowest BCUT2D eigenvalue weighted by molar-refractivity contribution is -0.120. The first-order valence-electron chi connectivity index (χ1n) is 8.28. The van der Waals surface area contributed by atoms with Gasteiger partial charge in [-0.25, -0.2) is 9.97 Å². The minimum absolute atomic E-state index is 0.0478. The van der Waals surface area contributed by atoms with Crippen molar-refractivity contribution in [2.75, 3.05) is 23.9 Å². The molecule has 4 rings (SSSR count). The van der Waals surface area contributed by atoms with Crippen LogP contribution in [-0.4, -0.2) is 29.5 Å². The summed E-state index contributed by atoms with van der Waals surface area (Å²) in [6.45, 7) is 0.0478. The van der Waals surface area contributed by atoms with Gasteiger partial charge in [0, 0.05) is 24.5 Å². The topological polar surface area (TPSA) is 91.1 Å². The predicted molar refractivity (Wildman–Crippen MR) is 101 cm³/mol. The van der Waals surface area contributed by atoms with Gasteiger partial charge in [0.15, 0.2) is 6.61 Å². The Kier molecular flexibility index (Phi) is 4.15. The molecule has 0 fully saturated rings. The van der Waals surface area contributed by atoms with Gasteiger partial charge < -0.3 is 15.0 Å². The molecule has 0 saturated carbocycles. The molecule has 1 aliphatic heterocycles. The van der Waals surface area contributed by atoms with E-state index in [1.807, 2.05) is 24.3 Å². The van der Waals surface area contributed by atoms with Crippen molar-refractivity contribution in [2.24, 2.45) is 0 Å². The zero-order chi connectivity index (χ0) is 18.8. The number of amides is 1. The first-order chi connectivity index (χ1) is 13.1. The lowest BCUT2D eigenvalue weighted by atomic mass is 10.1. The smallest absolute Gasteiger partial charge is 0.264 e. The van der Waals surface area contributed by atoms with Gasteiger partial charge >= 0.3 is 0 Å². The van der Waals surface area contributed by atoms with Crippen LogP contribution in [0.3, 0.4) is 0 Å². The molecule has 1 aliphatic rings. The van der Waals surface area contributed by atoms with E-state index in [2.05, 4.69) is 21.4 Å². The Bertz CT molecular complexity index is 1070. The van der Waals surface area contributed by atoms with Crippen LogP contribution in [-0.2, 0) is 4.79 Å². The summed E-state index contributed by atoms with van der Waals surface area (Å²) >= 11 is 0. The van der Waals surface area contributed by atoms with Crippen molar-refractivity contribution in [3.05, 3.63) is 60.3 Å². The molecule has 7 heteroatoms. The largest absolute Gasteiger partial charge is 0.482 e. The first kappa shape index (κ1) is 16.5. The number of carbonyl (C=O) groups is 1. The third kappa shape index (κ3) is 3.28. The van der Waals surface area contributed by atoms with Crippen LogP contribution >= 0.6 is 0 Å². The summed E-state index contributed by atoms with van der Waals surface area (Å²) in [7, 11) is 1.72. The van der Waals surface area contributed by atoms with Crippen molar-refractivity contribution in [1.82, 2.24) is 9.97 Å². The van der Waals surface area contributed by atoms with Crippen LogP contribution in [0.25, 0.3) is 11.3 Å². The number of carbonyl (C=O) groups excluding carboxylic acids is 1. The van der Waals surface area contributed by atoms with Crippen LogP contribution in [0.1, 0.15) is 5.56 Å². The molecule has 0 saturated heterocycles. The average molecular weight is 357 g/mol. The molecule has 0 bridgehead atoms. The van der Waals surface area contributed by atoms with Crippen molar-refractivity contribution in [3.8, 4) is 23.1 Å². The highest BCUT2D eigenvalue weighted by atomic mass is 16.5. The van der Waals surface area contributed by atoms with Gasteiger partial charge in [-0.15, -0.1) is 0 Å². The zero-order valence-electron chi connectivity index (χ0n) is 14.5. The van der Waals surface area contributed by atoms with E-state index >= 15 is 0 Å². The van der Waals surface area contributed by atoms with E-state index in [1.54, 1.807) is 42.4 Å². The number of hydrogen-bond donors (Lipinski definition) is 1. The van der Waals surface area contributed by atoms with Crippen LogP contribution in [0, 0.1) is 11.3 Å². The van der Waals surface area contributed by atoms with Crippen molar-refractivity contribution in [1.29, 1.82) is 5.26 Å². The summed E-state index contributed by atoms with van der Waals surface area (Å²) in [6.07, 6.45) is 1.66. The van der Waals surface area contributed by atoms with E-state index in [4.69, 9.17) is 10.00 Å². The highest BCUT2D eigenvalue weighted by Gasteiger charge is 2.22. The Morgan fingerprint density at radius 2 is 2.11 bits per heavy atom. The van der Waals surface area contributed by atoms with E-state index in [0.29, 0.717) is 28.6 Å². The highest BCUT2D eigenvalue weighted by Crippen LogP contribution is 2.35. The predicted octanol–water partition coefficient (Wildman–Crippen LogP) is 3.11. The Morgan fingerprint density at radius 1 is 1.22 bits per heavy atom. The molecule has 0 unspecified atom stereocenters. The number of ether oxygens (including phenoxy) is 1. The van der Waals surface area contributed by atoms with E-state index in [-0.39, 0.29) is 12.5 Å². The SMILES string of the molecule is CN1C(=O)COc2ccc(-c3ccnc(Nc4cccc(C#N)c4)n3)cc21. The van der Waals surface area contributed by atoms with Gasteiger partial charge in [-0.05, 0) is 42.5 Å². The molecule has 0 atom stereocenters. The Balaban J connectivity index is 1.65. The molecule has 1 aromatic heterocycles. The number of anilines is 3. The molecule has 1 amide bonds. The quantitative estimate of drug-likeness (QED) is 0.774. The van der Waals surface area contributed by atoms with Crippen molar-refractivity contribution in [3.63, 3.8) is 0 Å². The summed E-state index contributed by atoms with van der Waals surface area (Å²) in [5, 5.41) is 12.1. The third-order valence-corrected chi connectivity index (χ3v) is 4.24. The number of aromatic nitrogens is 2. The molecule has 0 radical (unpaired) electrons. The molecule has 3 aromatic rings. The van der Waals surface area contributed by atoms with E-state index < -0.39 is 0 Å². The van der Waals surface area contributed by atoms with Gasteiger partial charge in [0.05, 0.1) is 23.0 Å². The summed E-state index contributed by atoms with van der Waals surface area (Å²) in [5.41, 5.74) is 3.54. The third-order valence-electron chi connectivity index (χ3n) is 4.24. The maximum atomic E-state index is 11.9. The maximum absolute atomic E-state index is 11.9. The van der Waals surface area contributed by atoms with Gasteiger partial charge in [0.2, 0.25) is 5.95 Å². The molecule has 0 spiro atoms. The van der Waals surface area contributed by atoms with Crippen LogP contribution < -0.4 is 15.0 Å². The Morgan fingerprint density at radius 3 is 2.96 bits per heavy atom. The van der Waals surface area contributed by atoms with E-state index in [1.165, 1.54) is 0 Å². The maximum Gasteiger partial charge on any atom is 0.264 e. The van der Waals surface area contributed by atoms with Crippen LogP contribution in [0.5, 0.6) is 5.75 Å². The molecule has 132 valence electrons. The number of rotatable bonds is 3.